The van der Waals surface area contributed by atoms with Gasteiger partial charge in [-0.3, -0.25) is 14.9 Å². The predicted octanol–water partition coefficient (Wildman–Crippen LogP) is 1.05. The molecule has 0 radical (unpaired) electrons. The fraction of sp³-hybridized carbons (Fsp3) is 0.500. The highest BCUT2D eigenvalue weighted by Gasteiger charge is 2.42. The molecule has 1 amide bonds. The zero-order valence-electron chi connectivity index (χ0n) is 11.1. The molecule has 2 N–H and O–H groups in total. The van der Waals surface area contributed by atoms with E-state index in [1.165, 1.54) is 16.8 Å². The van der Waals surface area contributed by atoms with E-state index in [9.17, 15) is 18.4 Å². The molecule has 0 aliphatic carbocycles. The second kappa shape index (κ2) is 5.88. The van der Waals surface area contributed by atoms with Crippen molar-refractivity contribution in [3.05, 3.63) is 28.2 Å². The van der Waals surface area contributed by atoms with Crippen LogP contribution in [0.3, 0.4) is 0 Å². The Labute approximate surface area is 120 Å². The van der Waals surface area contributed by atoms with Gasteiger partial charge >= 0.3 is 0 Å². The zero-order valence-corrected chi connectivity index (χ0v) is 11.9. The number of alkyl halides is 2. The van der Waals surface area contributed by atoms with Crippen LogP contribution >= 0.6 is 12.4 Å². The smallest absolute Gasteiger partial charge is 0.262 e. The van der Waals surface area contributed by atoms with Gasteiger partial charge in [-0.1, -0.05) is 0 Å². The number of aryl methyl sites for hydroxylation is 2. The summed E-state index contributed by atoms with van der Waals surface area (Å²) in [4.78, 5) is 23.3. The fourth-order valence-electron chi connectivity index (χ4n) is 2.08. The molecule has 2 rings (SSSR count). The molecule has 8 heteroatoms. The van der Waals surface area contributed by atoms with Crippen LogP contribution in [0.4, 0.5) is 14.5 Å². The SMILES string of the molecule is Cc1cc(NC(=O)C2CC(F)(F)CN2)cn(C)c1=O.Cl. The van der Waals surface area contributed by atoms with Gasteiger partial charge in [0.05, 0.1) is 18.3 Å². The number of rotatable bonds is 2. The van der Waals surface area contributed by atoms with Crippen LogP contribution < -0.4 is 16.2 Å². The Morgan fingerprint density at radius 1 is 1.55 bits per heavy atom. The second-order valence-corrected chi connectivity index (χ2v) is 4.81. The summed E-state index contributed by atoms with van der Waals surface area (Å²) in [7, 11) is 1.56. The Hall–Kier alpha value is -1.47. The number of nitrogens with zero attached hydrogens (tertiary/aromatic N) is 1. The number of carbonyl (C=O) groups is 1. The monoisotopic (exact) mass is 307 g/mol. The second-order valence-electron chi connectivity index (χ2n) is 4.81. The molecule has 0 bridgehead atoms. The van der Waals surface area contributed by atoms with Crippen LogP contribution in [0.1, 0.15) is 12.0 Å². The molecule has 0 spiro atoms. The highest BCUT2D eigenvalue weighted by atomic mass is 35.5. The minimum Gasteiger partial charge on any atom is -0.323 e. The summed E-state index contributed by atoms with van der Waals surface area (Å²) >= 11 is 0. The van der Waals surface area contributed by atoms with Gasteiger partial charge in [0, 0.05) is 25.2 Å². The Kier molecular flexibility index (Phi) is 4.88. The zero-order chi connectivity index (χ0) is 14.2. The first-order valence-corrected chi connectivity index (χ1v) is 5.88. The maximum absolute atomic E-state index is 13.0. The van der Waals surface area contributed by atoms with E-state index in [4.69, 9.17) is 0 Å². The Bertz CT molecular complexity index is 548. The third kappa shape index (κ3) is 3.55. The number of hydrogen-bond acceptors (Lipinski definition) is 3. The number of aromatic nitrogens is 1. The van der Waals surface area contributed by atoms with Crippen LogP contribution in [-0.2, 0) is 11.8 Å². The lowest BCUT2D eigenvalue weighted by Crippen LogP contribution is -2.35. The van der Waals surface area contributed by atoms with Crippen LogP contribution in [0, 0.1) is 6.92 Å². The summed E-state index contributed by atoms with van der Waals surface area (Å²) in [5.41, 5.74) is 0.732. The van der Waals surface area contributed by atoms with Crippen LogP contribution in [0.2, 0.25) is 0 Å². The Morgan fingerprint density at radius 2 is 2.20 bits per heavy atom. The minimum absolute atomic E-state index is 0. The van der Waals surface area contributed by atoms with Crippen molar-refractivity contribution in [3.63, 3.8) is 0 Å². The van der Waals surface area contributed by atoms with E-state index in [-0.39, 0.29) is 18.0 Å². The van der Waals surface area contributed by atoms with Gasteiger partial charge < -0.3 is 9.88 Å². The van der Waals surface area contributed by atoms with Gasteiger partial charge in [0.2, 0.25) is 5.91 Å². The number of hydrogen-bond donors (Lipinski definition) is 2. The highest BCUT2D eigenvalue weighted by molar-refractivity contribution is 5.95. The van der Waals surface area contributed by atoms with Crippen LogP contribution in [0.5, 0.6) is 0 Å². The Balaban J connectivity index is 0.00000200. The van der Waals surface area contributed by atoms with Crippen molar-refractivity contribution in [2.75, 3.05) is 11.9 Å². The van der Waals surface area contributed by atoms with Gasteiger partial charge in [-0.25, -0.2) is 8.78 Å². The first kappa shape index (κ1) is 16.6. The molecule has 112 valence electrons. The van der Waals surface area contributed by atoms with E-state index in [0.29, 0.717) is 11.3 Å². The number of pyridine rings is 1. The van der Waals surface area contributed by atoms with E-state index in [1.54, 1.807) is 14.0 Å². The number of nitrogens with one attached hydrogen (secondary N) is 2. The lowest BCUT2D eigenvalue weighted by atomic mass is 10.2. The molecule has 1 saturated heterocycles. The van der Waals surface area contributed by atoms with Crippen molar-refractivity contribution < 1.29 is 13.6 Å². The van der Waals surface area contributed by atoms with Crippen molar-refractivity contribution in [1.29, 1.82) is 0 Å². The molecule has 2 heterocycles. The molecule has 0 saturated carbocycles. The van der Waals surface area contributed by atoms with Crippen molar-refractivity contribution in [1.82, 2.24) is 9.88 Å². The lowest BCUT2D eigenvalue weighted by Gasteiger charge is -2.12. The van der Waals surface area contributed by atoms with E-state index in [0.717, 1.165) is 0 Å². The predicted molar refractivity (Wildman–Crippen MR) is 73.7 cm³/mol. The molecule has 20 heavy (non-hydrogen) atoms. The molecular formula is C12H16ClF2N3O2. The van der Waals surface area contributed by atoms with Crippen LogP contribution in [0.25, 0.3) is 0 Å². The fourth-order valence-corrected chi connectivity index (χ4v) is 2.08. The quantitative estimate of drug-likeness (QED) is 0.858. The molecule has 1 unspecified atom stereocenters. The third-order valence-electron chi connectivity index (χ3n) is 3.06. The maximum Gasteiger partial charge on any atom is 0.262 e. The van der Waals surface area contributed by atoms with Gasteiger partial charge in [-0.05, 0) is 13.0 Å². The first-order chi connectivity index (χ1) is 8.78. The van der Waals surface area contributed by atoms with Gasteiger partial charge in [0.15, 0.2) is 0 Å². The summed E-state index contributed by atoms with van der Waals surface area (Å²) in [5.74, 6) is -3.36. The summed E-state index contributed by atoms with van der Waals surface area (Å²) < 4.78 is 27.3. The summed E-state index contributed by atoms with van der Waals surface area (Å²) in [6.07, 6.45) is 0.948. The normalized spacial score (nSPS) is 20.3. The van der Waals surface area contributed by atoms with Crippen molar-refractivity contribution in [2.24, 2.45) is 7.05 Å². The number of anilines is 1. The van der Waals surface area contributed by atoms with Crippen LogP contribution in [0.15, 0.2) is 17.1 Å². The number of amides is 1. The van der Waals surface area contributed by atoms with E-state index >= 15 is 0 Å². The molecule has 1 aliphatic heterocycles. The molecular weight excluding hydrogens is 292 g/mol. The van der Waals surface area contributed by atoms with Crippen LogP contribution in [-0.4, -0.2) is 29.0 Å². The van der Waals surface area contributed by atoms with E-state index in [1.807, 2.05) is 0 Å². The summed E-state index contributed by atoms with van der Waals surface area (Å²) in [5, 5.41) is 5.01. The topological polar surface area (TPSA) is 63.1 Å². The molecule has 1 atom stereocenters. The van der Waals surface area contributed by atoms with Crippen molar-refractivity contribution >= 4 is 24.0 Å². The Morgan fingerprint density at radius 3 is 2.70 bits per heavy atom. The maximum atomic E-state index is 13.0. The van der Waals surface area contributed by atoms with Gasteiger partial charge in [-0.15, -0.1) is 12.4 Å². The first-order valence-electron chi connectivity index (χ1n) is 5.88. The van der Waals surface area contributed by atoms with Gasteiger partial charge in [0.25, 0.3) is 11.5 Å². The molecule has 1 aromatic heterocycles. The van der Waals surface area contributed by atoms with Gasteiger partial charge in [0.1, 0.15) is 0 Å². The van der Waals surface area contributed by atoms with E-state index < -0.39 is 30.8 Å². The van der Waals surface area contributed by atoms with Gasteiger partial charge in [-0.2, -0.15) is 0 Å². The molecule has 1 fully saturated rings. The molecule has 1 aliphatic rings. The third-order valence-corrected chi connectivity index (χ3v) is 3.06. The van der Waals surface area contributed by atoms with Crippen molar-refractivity contribution in [2.45, 2.75) is 25.3 Å². The van der Waals surface area contributed by atoms with Crippen molar-refractivity contribution in [3.8, 4) is 0 Å². The standard InChI is InChI=1S/C12H15F2N3O2.ClH/c1-7-3-8(5-17(2)11(7)19)16-10(18)9-4-12(13,14)6-15-9;/h3,5,9,15H,4,6H2,1-2H3,(H,16,18);1H. The largest absolute Gasteiger partial charge is 0.323 e. The summed E-state index contributed by atoms with van der Waals surface area (Å²) in [6.45, 7) is 1.14. The summed E-state index contributed by atoms with van der Waals surface area (Å²) in [6, 6.07) is 0.611. The lowest BCUT2D eigenvalue weighted by molar-refractivity contribution is -0.118. The average Bonchev–Trinajstić information content (AvgIpc) is 2.66. The molecule has 0 aromatic carbocycles. The van der Waals surface area contributed by atoms with E-state index in [2.05, 4.69) is 10.6 Å². The number of halogens is 3. The minimum atomic E-state index is -2.85. The molecule has 1 aromatic rings. The average molecular weight is 308 g/mol. The highest BCUT2D eigenvalue weighted by Crippen LogP contribution is 2.25. The number of carbonyl (C=O) groups excluding carboxylic acids is 1. The molecule has 5 nitrogen and oxygen atoms in total.